The highest BCUT2D eigenvalue weighted by Crippen LogP contribution is 2.30. The Kier molecular flexibility index (Phi) is 4.35. The highest BCUT2D eigenvalue weighted by atomic mass is 19.1. The van der Waals surface area contributed by atoms with E-state index in [2.05, 4.69) is 0 Å². The number of carboxylic acid groups (broad SMARTS) is 1. The fourth-order valence-corrected chi connectivity index (χ4v) is 2.23. The second kappa shape index (κ2) is 6.19. The van der Waals surface area contributed by atoms with Crippen molar-refractivity contribution in [2.75, 3.05) is 11.4 Å². The van der Waals surface area contributed by atoms with Crippen LogP contribution in [0.5, 0.6) is 0 Å². The molecule has 2 rings (SSSR count). The van der Waals surface area contributed by atoms with Gasteiger partial charge in [0.25, 0.3) is 0 Å². The summed E-state index contributed by atoms with van der Waals surface area (Å²) in [6, 6.07) is 14.2. The van der Waals surface area contributed by atoms with Crippen LogP contribution >= 0.6 is 0 Å². The molecule has 0 heterocycles. The first kappa shape index (κ1) is 14.1. The summed E-state index contributed by atoms with van der Waals surface area (Å²) in [4.78, 5) is 12.8. The van der Waals surface area contributed by atoms with Crippen molar-refractivity contribution in [3.05, 3.63) is 59.9 Å². The zero-order chi connectivity index (χ0) is 14.5. The van der Waals surface area contributed by atoms with E-state index < -0.39 is 11.8 Å². The smallest absolute Gasteiger partial charge is 0.308 e. The lowest BCUT2D eigenvalue weighted by atomic mass is 10.1. The van der Waals surface area contributed by atoms with Gasteiger partial charge in [-0.15, -0.1) is 0 Å². The van der Waals surface area contributed by atoms with Crippen LogP contribution in [0.15, 0.2) is 48.5 Å². The largest absolute Gasteiger partial charge is 0.481 e. The summed E-state index contributed by atoms with van der Waals surface area (Å²) in [6.07, 6.45) is -0.328. The van der Waals surface area contributed by atoms with Gasteiger partial charge in [-0.1, -0.05) is 24.3 Å². The van der Waals surface area contributed by atoms with Crippen LogP contribution in [0.1, 0.15) is 12.5 Å². The van der Waals surface area contributed by atoms with E-state index in [9.17, 15) is 9.18 Å². The Morgan fingerprint density at radius 2 is 1.85 bits per heavy atom. The molecule has 0 fully saturated rings. The number of para-hydroxylation sites is 1. The molecule has 0 unspecified atom stereocenters. The molecule has 0 spiro atoms. The predicted octanol–water partition coefficient (Wildman–Crippen LogP) is 3.61. The number of hydrogen-bond donors (Lipinski definition) is 1. The minimum atomic E-state index is -1.04. The van der Waals surface area contributed by atoms with Crippen molar-refractivity contribution in [3.8, 4) is 0 Å². The predicted molar refractivity (Wildman–Crippen MR) is 76.9 cm³/mol. The van der Waals surface area contributed by atoms with Crippen LogP contribution in [0.4, 0.5) is 15.8 Å². The molecule has 0 saturated carbocycles. The zero-order valence-electron chi connectivity index (χ0n) is 11.2. The van der Waals surface area contributed by atoms with E-state index in [-0.39, 0.29) is 12.0 Å². The standard InChI is InChI=1S/C16H16FNO2/c1-2-18(12-7-4-3-5-8-12)15-10-6-9-14(17)13(15)11-16(19)20/h3-10H,2,11H2,1H3,(H,19,20). The van der Waals surface area contributed by atoms with Crippen LogP contribution < -0.4 is 4.90 Å². The van der Waals surface area contributed by atoms with Gasteiger partial charge in [-0.3, -0.25) is 4.79 Å². The summed E-state index contributed by atoms with van der Waals surface area (Å²) in [5, 5.41) is 8.96. The summed E-state index contributed by atoms with van der Waals surface area (Å²) in [6.45, 7) is 2.57. The molecular weight excluding hydrogens is 257 g/mol. The van der Waals surface area contributed by atoms with E-state index >= 15 is 0 Å². The molecular formula is C16H16FNO2. The van der Waals surface area contributed by atoms with E-state index in [0.29, 0.717) is 12.2 Å². The lowest BCUT2D eigenvalue weighted by Gasteiger charge is -2.25. The topological polar surface area (TPSA) is 40.5 Å². The second-order valence-electron chi connectivity index (χ2n) is 4.39. The van der Waals surface area contributed by atoms with Crippen molar-refractivity contribution in [1.82, 2.24) is 0 Å². The number of aliphatic carboxylic acids is 1. The van der Waals surface area contributed by atoms with Gasteiger partial charge in [0.1, 0.15) is 5.82 Å². The number of carboxylic acids is 1. The third kappa shape index (κ3) is 2.96. The van der Waals surface area contributed by atoms with Crippen molar-refractivity contribution in [3.63, 3.8) is 0 Å². The van der Waals surface area contributed by atoms with Gasteiger partial charge in [-0.2, -0.15) is 0 Å². The Bertz CT molecular complexity index is 599. The Morgan fingerprint density at radius 3 is 2.45 bits per heavy atom. The van der Waals surface area contributed by atoms with Gasteiger partial charge in [0.15, 0.2) is 0 Å². The molecule has 4 heteroatoms. The maximum absolute atomic E-state index is 13.9. The number of hydrogen-bond acceptors (Lipinski definition) is 2. The normalized spacial score (nSPS) is 10.3. The van der Waals surface area contributed by atoms with Gasteiger partial charge in [-0.05, 0) is 31.2 Å². The van der Waals surface area contributed by atoms with Gasteiger partial charge in [0, 0.05) is 23.5 Å². The van der Waals surface area contributed by atoms with Crippen LogP contribution in [-0.4, -0.2) is 17.6 Å². The zero-order valence-corrected chi connectivity index (χ0v) is 11.2. The molecule has 20 heavy (non-hydrogen) atoms. The van der Waals surface area contributed by atoms with E-state index in [1.165, 1.54) is 6.07 Å². The first-order valence-electron chi connectivity index (χ1n) is 6.45. The van der Waals surface area contributed by atoms with Crippen LogP contribution in [-0.2, 0) is 11.2 Å². The molecule has 104 valence electrons. The number of nitrogens with zero attached hydrogens (tertiary/aromatic N) is 1. The first-order chi connectivity index (χ1) is 9.63. The number of carbonyl (C=O) groups is 1. The van der Waals surface area contributed by atoms with Crippen LogP contribution in [0.2, 0.25) is 0 Å². The summed E-state index contributed by atoms with van der Waals surface area (Å²) in [5.74, 6) is -1.53. The molecule has 0 atom stereocenters. The first-order valence-corrected chi connectivity index (χ1v) is 6.45. The molecule has 0 aliphatic rings. The molecule has 2 aromatic rings. The Hall–Kier alpha value is -2.36. The summed E-state index contributed by atoms with van der Waals surface area (Å²) in [7, 11) is 0. The van der Waals surface area contributed by atoms with E-state index in [1.807, 2.05) is 42.2 Å². The van der Waals surface area contributed by atoms with Gasteiger partial charge >= 0.3 is 5.97 Å². The van der Waals surface area contributed by atoms with Crippen LogP contribution in [0.25, 0.3) is 0 Å². The van der Waals surface area contributed by atoms with Crippen LogP contribution in [0.3, 0.4) is 0 Å². The molecule has 0 saturated heterocycles. The average Bonchev–Trinajstić information content (AvgIpc) is 2.44. The Balaban J connectivity index is 2.49. The lowest BCUT2D eigenvalue weighted by Crippen LogP contribution is -2.19. The number of anilines is 2. The van der Waals surface area contributed by atoms with Gasteiger partial charge in [0.2, 0.25) is 0 Å². The molecule has 0 radical (unpaired) electrons. The average molecular weight is 273 g/mol. The third-order valence-electron chi connectivity index (χ3n) is 3.10. The van der Waals surface area contributed by atoms with Gasteiger partial charge in [-0.25, -0.2) is 4.39 Å². The molecule has 0 aromatic heterocycles. The third-order valence-corrected chi connectivity index (χ3v) is 3.10. The second-order valence-corrected chi connectivity index (χ2v) is 4.39. The summed E-state index contributed by atoms with van der Waals surface area (Å²) >= 11 is 0. The fourth-order valence-electron chi connectivity index (χ4n) is 2.23. The Labute approximate surface area is 117 Å². The monoisotopic (exact) mass is 273 g/mol. The van der Waals surface area contributed by atoms with Crippen molar-refractivity contribution < 1.29 is 14.3 Å². The lowest BCUT2D eigenvalue weighted by molar-refractivity contribution is -0.136. The molecule has 3 nitrogen and oxygen atoms in total. The van der Waals surface area contributed by atoms with Gasteiger partial charge in [0.05, 0.1) is 6.42 Å². The van der Waals surface area contributed by atoms with Gasteiger partial charge < -0.3 is 10.0 Å². The minimum absolute atomic E-state index is 0.214. The summed E-state index contributed by atoms with van der Waals surface area (Å²) in [5.41, 5.74) is 1.72. The highest BCUT2D eigenvalue weighted by molar-refractivity contribution is 5.76. The summed E-state index contributed by atoms with van der Waals surface area (Å²) < 4.78 is 13.9. The molecule has 0 bridgehead atoms. The quantitative estimate of drug-likeness (QED) is 0.904. The van der Waals surface area contributed by atoms with Crippen molar-refractivity contribution in [2.24, 2.45) is 0 Å². The Morgan fingerprint density at radius 1 is 1.15 bits per heavy atom. The van der Waals surface area contributed by atoms with Crippen molar-refractivity contribution in [2.45, 2.75) is 13.3 Å². The van der Waals surface area contributed by atoms with E-state index in [0.717, 1.165) is 5.69 Å². The maximum Gasteiger partial charge on any atom is 0.308 e. The highest BCUT2D eigenvalue weighted by Gasteiger charge is 2.17. The van der Waals surface area contributed by atoms with Crippen molar-refractivity contribution >= 4 is 17.3 Å². The van der Waals surface area contributed by atoms with Crippen LogP contribution in [0, 0.1) is 5.82 Å². The maximum atomic E-state index is 13.9. The molecule has 2 aromatic carbocycles. The van der Waals surface area contributed by atoms with E-state index in [1.54, 1.807) is 12.1 Å². The number of rotatable bonds is 5. The molecule has 0 amide bonds. The number of halogens is 1. The SMILES string of the molecule is CCN(c1ccccc1)c1cccc(F)c1CC(=O)O. The molecule has 0 aliphatic carbocycles. The molecule has 0 aliphatic heterocycles. The van der Waals surface area contributed by atoms with Crippen molar-refractivity contribution in [1.29, 1.82) is 0 Å². The fraction of sp³-hybridized carbons (Fsp3) is 0.188. The minimum Gasteiger partial charge on any atom is -0.481 e. The number of benzene rings is 2. The van der Waals surface area contributed by atoms with E-state index in [4.69, 9.17) is 5.11 Å². The molecule has 1 N–H and O–H groups in total.